The summed E-state index contributed by atoms with van der Waals surface area (Å²) in [6.45, 7) is 4.29. The predicted octanol–water partition coefficient (Wildman–Crippen LogP) is 1.66. The van der Waals surface area contributed by atoms with E-state index in [9.17, 15) is 10.1 Å². The number of anilines is 1. The average Bonchev–Trinajstić information content (AvgIpc) is 2.98. The first-order chi connectivity index (χ1) is 11.5. The first-order valence-corrected chi connectivity index (χ1v) is 7.96. The van der Waals surface area contributed by atoms with Gasteiger partial charge in [-0.1, -0.05) is 0 Å². The standard InChI is InChI=1S/C17H17N5O2/c1-10-12(8-22-9-15(5-19-22)17(23)24)2-11(4-18)16(20-10)21-6-13-3-14(13)7-21/h2,5,9,13-14H,3,6-8H2,1H3,(H,23,24). The van der Waals surface area contributed by atoms with Crippen molar-refractivity contribution in [3.05, 3.63) is 40.8 Å². The molecule has 1 N–H and O–H groups in total. The van der Waals surface area contributed by atoms with Gasteiger partial charge in [-0.15, -0.1) is 0 Å². The number of aryl methyl sites for hydroxylation is 1. The highest BCUT2D eigenvalue weighted by Gasteiger charge is 2.45. The zero-order valence-electron chi connectivity index (χ0n) is 13.3. The van der Waals surface area contributed by atoms with Gasteiger partial charge in [0.05, 0.1) is 23.9 Å². The maximum absolute atomic E-state index is 10.9. The number of aromatic carboxylic acids is 1. The number of carboxylic acid groups (broad SMARTS) is 1. The lowest BCUT2D eigenvalue weighted by Crippen LogP contribution is -2.24. The number of carboxylic acids is 1. The molecular weight excluding hydrogens is 306 g/mol. The number of aromatic nitrogens is 3. The Morgan fingerprint density at radius 2 is 2.21 bits per heavy atom. The molecule has 1 saturated heterocycles. The second-order valence-corrected chi connectivity index (χ2v) is 6.61. The van der Waals surface area contributed by atoms with Crippen LogP contribution in [0.4, 0.5) is 5.82 Å². The van der Waals surface area contributed by atoms with Crippen molar-refractivity contribution in [1.82, 2.24) is 14.8 Å². The van der Waals surface area contributed by atoms with E-state index in [1.54, 1.807) is 4.68 Å². The van der Waals surface area contributed by atoms with Crippen LogP contribution in [-0.2, 0) is 6.54 Å². The summed E-state index contributed by atoms with van der Waals surface area (Å²) in [4.78, 5) is 17.8. The second-order valence-electron chi connectivity index (χ2n) is 6.61. The molecule has 2 atom stereocenters. The third-order valence-electron chi connectivity index (χ3n) is 4.91. The number of rotatable bonds is 4. The number of hydrogen-bond donors (Lipinski definition) is 1. The summed E-state index contributed by atoms with van der Waals surface area (Å²) < 4.78 is 1.55. The van der Waals surface area contributed by atoms with Crippen molar-refractivity contribution < 1.29 is 9.90 Å². The minimum Gasteiger partial charge on any atom is -0.478 e. The molecule has 0 amide bonds. The summed E-state index contributed by atoms with van der Waals surface area (Å²) in [7, 11) is 0. The number of hydrogen-bond acceptors (Lipinski definition) is 5. The number of nitriles is 1. The molecule has 1 aliphatic heterocycles. The highest BCUT2D eigenvalue weighted by molar-refractivity contribution is 5.86. The fourth-order valence-corrected chi connectivity index (χ4v) is 3.42. The van der Waals surface area contributed by atoms with Gasteiger partial charge in [-0.05, 0) is 36.8 Å². The largest absolute Gasteiger partial charge is 0.478 e. The Bertz CT molecular complexity index is 856. The molecule has 2 aromatic rings. The minimum absolute atomic E-state index is 0.147. The molecule has 1 saturated carbocycles. The minimum atomic E-state index is -1.00. The van der Waals surface area contributed by atoms with Crippen molar-refractivity contribution in [2.75, 3.05) is 18.0 Å². The Morgan fingerprint density at radius 3 is 2.83 bits per heavy atom. The van der Waals surface area contributed by atoms with Gasteiger partial charge in [0.15, 0.2) is 0 Å². The van der Waals surface area contributed by atoms with Crippen molar-refractivity contribution >= 4 is 11.8 Å². The van der Waals surface area contributed by atoms with Gasteiger partial charge in [0.2, 0.25) is 0 Å². The summed E-state index contributed by atoms with van der Waals surface area (Å²) in [6.07, 6.45) is 4.11. The molecule has 24 heavy (non-hydrogen) atoms. The summed E-state index contributed by atoms with van der Waals surface area (Å²) in [5, 5.41) is 22.5. The van der Waals surface area contributed by atoms with Gasteiger partial charge in [0.25, 0.3) is 0 Å². The van der Waals surface area contributed by atoms with Gasteiger partial charge in [-0.25, -0.2) is 9.78 Å². The zero-order chi connectivity index (χ0) is 16.8. The Hall–Kier alpha value is -2.88. The van der Waals surface area contributed by atoms with Crippen LogP contribution in [0.5, 0.6) is 0 Å². The van der Waals surface area contributed by atoms with Gasteiger partial charge < -0.3 is 10.0 Å². The summed E-state index contributed by atoms with van der Waals surface area (Å²) in [6, 6.07) is 4.10. The smallest absolute Gasteiger partial charge is 0.338 e. The number of nitrogens with zero attached hydrogens (tertiary/aromatic N) is 5. The molecule has 2 fully saturated rings. The lowest BCUT2D eigenvalue weighted by Gasteiger charge is -2.21. The fraction of sp³-hybridized carbons (Fsp3) is 0.412. The van der Waals surface area contributed by atoms with E-state index >= 15 is 0 Å². The van der Waals surface area contributed by atoms with Gasteiger partial charge in [-0.3, -0.25) is 4.68 Å². The van der Waals surface area contributed by atoms with Crippen LogP contribution in [0.1, 0.15) is 33.6 Å². The van der Waals surface area contributed by atoms with Crippen LogP contribution in [0.2, 0.25) is 0 Å². The number of piperidine rings is 1. The third kappa shape index (κ3) is 2.50. The Morgan fingerprint density at radius 1 is 1.46 bits per heavy atom. The van der Waals surface area contributed by atoms with E-state index in [1.165, 1.54) is 18.8 Å². The maximum atomic E-state index is 10.9. The van der Waals surface area contributed by atoms with Crippen molar-refractivity contribution in [1.29, 1.82) is 5.26 Å². The van der Waals surface area contributed by atoms with Gasteiger partial charge in [-0.2, -0.15) is 10.4 Å². The summed E-state index contributed by atoms with van der Waals surface area (Å²) >= 11 is 0. The second kappa shape index (κ2) is 5.34. The molecule has 0 bridgehead atoms. The van der Waals surface area contributed by atoms with Gasteiger partial charge in [0.1, 0.15) is 11.9 Å². The van der Waals surface area contributed by atoms with Crippen LogP contribution in [-0.4, -0.2) is 38.9 Å². The van der Waals surface area contributed by atoms with Crippen molar-refractivity contribution in [2.45, 2.75) is 19.9 Å². The van der Waals surface area contributed by atoms with Gasteiger partial charge in [0, 0.05) is 25.0 Å². The van der Waals surface area contributed by atoms with Crippen molar-refractivity contribution in [3.8, 4) is 6.07 Å². The molecule has 3 heterocycles. The molecule has 122 valence electrons. The van der Waals surface area contributed by atoms with Gasteiger partial charge >= 0.3 is 5.97 Å². The van der Waals surface area contributed by atoms with Crippen LogP contribution in [0.25, 0.3) is 0 Å². The molecule has 2 aliphatic rings. The molecular formula is C17H17N5O2. The quantitative estimate of drug-likeness (QED) is 0.919. The van der Waals surface area contributed by atoms with E-state index in [0.717, 1.165) is 42.0 Å². The third-order valence-corrected chi connectivity index (χ3v) is 4.91. The average molecular weight is 323 g/mol. The van der Waals surface area contributed by atoms with Crippen LogP contribution >= 0.6 is 0 Å². The van der Waals surface area contributed by atoms with E-state index in [1.807, 2.05) is 13.0 Å². The lowest BCUT2D eigenvalue weighted by atomic mass is 10.1. The monoisotopic (exact) mass is 323 g/mol. The maximum Gasteiger partial charge on any atom is 0.338 e. The molecule has 0 radical (unpaired) electrons. The topological polar surface area (TPSA) is 95.0 Å². The van der Waals surface area contributed by atoms with E-state index in [4.69, 9.17) is 5.11 Å². The highest BCUT2D eigenvalue weighted by atomic mass is 16.4. The predicted molar refractivity (Wildman–Crippen MR) is 85.8 cm³/mol. The molecule has 7 heteroatoms. The Kier molecular flexibility index (Phi) is 3.27. The SMILES string of the molecule is Cc1nc(N2CC3CC3C2)c(C#N)cc1Cn1cc(C(=O)O)cn1. The van der Waals surface area contributed by atoms with Crippen LogP contribution in [0.15, 0.2) is 18.5 Å². The Labute approximate surface area is 139 Å². The molecule has 0 spiro atoms. The zero-order valence-corrected chi connectivity index (χ0v) is 13.3. The van der Waals surface area contributed by atoms with E-state index in [-0.39, 0.29) is 5.56 Å². The molecule has 2 unspecified atom stereocenters. The first-order valence-electron chi connectivity index (χ1n) is 7.96. The number of fused-ring (bicyclic) bond motifs is 1. The summed E-state index contributed by atoms with van der Waals surface area (Å²) in [5.41, 5.74) is 2.44. The molecule has 1 aliphatic carbocycles. The Balaban J connectivity index is 1.61. The van der Waals surface area contributed by atoms with E-state index in [2.05, 4.69) is 21.1 Å². The highest BCUT2D eigenvalue weighted by Crippen LogP contribution is 2.46. The van der Waals surface area contributed by atoms with Crippen LogP contribution in [0, 0.1) is 30.1 Å². The molecule has 7 nitrogen and oxygen atoms in total. The molecule has 0 aromatic carbocycles. The first kappa shape index (κ1) is 14.7. The summed E-state index contributed by atoms with van der Waals surface area (Å²) in [5.74, 6) is 1.32. The normalized spacial score (nSPS) is 21.4. The van der Waals surface area contributed by atoms with Crippen LogP contribution < -0.4 is 4.90 Å². The number of pyridine rings is 1. The van der Waals surface area contributed by atoms with Crippen LogP contribution in [0.3, 0.4) is 0 Å². The molecule has 2 aromatic heterocycles. The number of carbonyl (C=O) groups is 1. The van der Waals surface area contributed by atoms with E-state index < -0.39 is 5.97 Å². The van der Waals surface area contributed by atoms with Crippen molar-refractivity contribution in [2.24, 2.45) is 11.8 Å². The van der Waals surface area contributed by atoms with Crippen molar-refractivity contribution in [3.63, 3.8) is 0 Å². The molecule has 4 rings (SSSR count). The van der Waals surface area contributed by atoms with E-state index in [0.29, 0.717) is 12.1 Å². The lowest BCUT2D eigenvalue weighted by molar-refractivity contribution is 0.0697. The fourth-order valence-electron chi connectivity index (χ4n) is 3.42.